The van der Waals surface area contributed by atoms with E-state index in [1.807, 2.05) is 25.3 Å². The van der Waals surface area contributed by atoms with E-state index in [1.54, 1.807) is 0 Å². The van der Waals surface area contributed by atoms with Crippen LogP contribution < -0.4 is 5.32 Å². The first kappa shape index (κ1) is 17.1. The Balaban J connectivity index is 2.06. The first-order valence-electron chi connectivity index (χ1n) is 7.81. The molecule has 1 unspecified atom stereocenters. The van der Waals surface area contributed by atoms with E-state index in [-0.39, 0.29) is 5.60 Å². The first-order valence-corrected chi connectivity index (χ1v) is 8.56. The topological polar surface area (TPSA) is 21.3 Å². The fourth-order valence-corrected chi connectivity index (χ4v) is 3.43. The smallest absolute Gasteiger partial charge is 0.0693 e. The summed E-state index contributed by atoms with van der Waals surface area (Å²) in [6, 6.07) is 6.07. The van der Waals surface area contributed by atoms with E-state index in [9.17, 15) is 0 Å². The second-order valence-electron chi connectivity index (χ2n) is 6.04. The average Bonchev–Trinajstić information content (AvgIpc) is 2.43. The summed E-state index contributed by atoms with van der Waals surface area (Å²) in [7, 11) is 1.84. The lowest BCUT2D eigenvalue weighted by Gasteiger charge is -2.43. The number of methoxy groups -OCH3 is 1. The third-order valence-corrected chi connectivity index (χ3v) is 5.08. The number of hydrogen-bond donors (Lipinski definition) is 1. The van der Waals surface area contributed by atoms with Gasteiger partial charge in [-0.1, -0.05) is 30.1 Å². The lowest BCUT2D eigenvalue weighted by atomic mass is 9.75. The summed E-state index contributed by atoms with van der Waals surface area (Å²) in [5.41, 5.74) is 1.18. The molecule has 1 aromatic carbocycles. The van der Waals surface area contributed by atoms with Crippen molar-refractivity contribution in [2.24, 2.45) is 0 Å². The van der Waals surface area contributed by atoms with Gasteiger partial charge in [0.25, 0.3) is 0 Å². The SMILES string of the molecule is CCCNC(Cc1cc(Cl)ccc1Cl)CC1(OC)CCC1. The van der Waals surface area contributed by atoms with Gasteiger partial charge in [0, 0.05) is 23.2 Å². The number of rotatable bonds is 8. The zero-order valence-electron chi connectivity index (χ0n) is 12.9. The molecule has 1 aromatic rings. The van der Waals surface area contributed by atoms with Crippen LogP contribution in [0.25, 0.3) is 0 Å². The minimum atomic E-state index is 0.0659. The van der Waals surface area contributed by atoms with Gasteiger partial charge >= 0.3 is 0 Å². The second kappa shape index (κ2) is 7.82. The number of benzene rings is 1. The van der Waals surface area contributed by atoms with E-state index in [1.165, 1.54) is 6.42 Å². The van der Waals surface area contributed by atoms with Crippen molar-refractivity contribution in [1.82, 2.24) is 5.32 Å². The molecule has 4 heteroatoms. The number of nitrogens with one attached hydrogen (secondary N) is 1. The second-order valence-corrected chi connectivity index (χ2v) is 6.88. The van der Waals surface area contributed by atoms with Gasteiger partial charge in [-0.2, -0.15) is 0 Å². The van der Waals surface area contributed by atoms with Crippen molar-refractivity contribution in [3.05, 3.63) is 33.8 Å². The zero-order valence-corrected chi connectivity index (χ0v) is 14.4. The van der Waals surface area contributed by atoms with Crippen molar-refractivity contribution in [3.63, 3.8) is 0 Å². The fourth-order valence-electron chi connectivity index (χ4n) is 3.04. The van der Waals surface area contributed by atoms with Crippen molar-refractivity contribution >= 4 is 23.2 Å². The summed E-state index contributed by atoms with van der Waals surface area (Å²) in [5.74, 6) is 0. The summed E-state index contributed by atoms with van der Waals surface area (Å²) in [6.07, 6.45) is 6.65. The van der Waals surface area contributed by atoms with Crippen LogP contribution in [0.15, 0.2) is 18.2 Å². The van der Waals surface area contributed by atoms with Gasteiger partial charge in [-0.25, -0.2) is 0 Å². The largest absolute Gasteiger partial charge is 0.378 e. The molecular formula is C17H25Cl2NO. The molecule has 1 aliphatic rings. The molecule has 1 saturated carbocycles. The summed E-state index contributed by atoms with van der Waals surface area (Å²) in [6.45, 7) is 3.20. The highest BCUT2D eigenvalue weighted by molar-refractivity contribution is 6.33. The predicted molar refractivity (Wildman–Crippen MR) is 90.5 cm³/mol. The maximum Gasteiger partial charge on any atom is 0.0693 e. The van der Waals surface area contributed by atoms with Gasteiger partial charge in [0.2, 0.25) is 0 Å². The van der Waals surface area contributed by atoms with Crippen LogP contribution in [0.2, 0.25) is 10.0 Å². The van der Waals surface area contributed by atoms with E-state index in [4.69, 9.17) is 27.9 Å². The van der Waals surface area contributed by atoms with Crippen LogP contribution in [0.4, 0.5) is 0 Å². The van der Waals surface area contributed by atoms with E-state index >= 15 is 0 Å². The normalized spacial score (nSPS) is 18.3. The molecule has 1 N–H and O–H groups in total. The van der Waals surface area contributed by atoms with Crippen LogP contribution in [0, 0.1) is 0 Å². The van der Waals surface area contributed by atoms with Crippen LogP contribution >= 0.6 is 23.2 Å². The number of ether oxygens (including phenoxy) is 1. The van der Waals surface area contributed by atoms with Gasteiger partial charge in [0.05, 0.1) is 5.60 Å². The molecule has 0 amide bonds. The minimum absolute atomic E-state index is 0.0659. The Morgan fingerprint density at radius 2 is 2.10 bits per heavy atom. The van der Waals surface area contributed by atoms with Crippen LogP contribution in [0.5, 0.6) is 0 Å². The Bertz CT molecular complexity index is 455. The highest BCUT2D eigenvalue weighted by atomic mass is 35.5. The Morgan fingerprint density at radius 1 is 1.33 bits per heavy atom. The maximum absolute atomic E-state index is 6.31. The van der Waals surface area contributed by atoms with Crippen LogP contribution in [-0.2, 0) is 11.2 Å². The highest BCUT2D eigenvalue weighted by Gasteiger charge is 2.38. The molecule has 1 aliphatic carbocycles. The van der Waals surface area contributed by atoms with Gasteiger partial charge in [-0.3, -0.25) is 0 Å². The van der Waals surface area contributed by atoms with E-state index < -0.39 is 0 Å². The van der Waals surface area contributed by atoms with Crippen molar-refractivity contribution in [2.75, 3.05) is 13.7 Å². The molecule has 0 saturated heterocycles. The molecule has 2 rings (SSSR count). The molecule has 0 heterocycles. The fraction of sp³-hybridized carbons (Fsp3) is 0.647. The average molecular weight is 330 g/mol. The van der Waals surface area contributed by atoms with E-state index in [0.29, 0.717) is 6.04 Å². The van der Waals surface area contributed by atoms with Crippen molar-refractivity contribution < 1.29 is 4.74 Å². The quantitative estimate of drug-likeness (QED) is 0.735. The van der Waals surface area contributed by atoms with Gasteiger partial charge in [-0.15, -0.1) is 0 Å². The summed E-state index contributed by atoms with van der Waals surface area (Å²) in [4.78, 5) is 0. The van der Waals surface area contributed by atoms with Crippen molar-refractivity contribution in [1.29, 1.82) is 0 Å². The molecule has 0 aliphatic heterocycles. The lowest BCUT2D eigenvalue weighted by molar-refractivity contribution is -0.0833. The molecule has 0 bridgehead atoms. The number of halogens is 2. The molecule has 0 spiro atoms. The lowest BCUT2D eigenvalue weighted by Crippen LogP contribution is -2.46. The Hall–Kier alpha value is -0.280. The van der Waals surface area contributed by atoms with Gasteiger partial charge in [0.1, 0.15) is 0 Å². The van der Waals surface area contributed by atoms with Gasteiger partial charge in [0.15, 0.2) is 0 Å². The molecule has 118 valence electrons. The van der Waals surface area contributed by atoms with E-state index in [0.717, 1.165) is 54.3 Å². The summed E-state index contributed by atoms with van der Waals surface area (Å²) < 4.78 is 5.78. The summed E-state index contributed by atoms with van der Waals surface area (Å²) >= 11 is 12.4. The standard InChI is InChI=1S/C17H25Cl2NO/c1-3-9-20-15(12-17(21-2)7-4-8-17)11-13-10-14(18)5-6-16(13)19/h5-6,10,15,20H,3-4,7-9,11-12H2,1-2H3. The molecule has 0 aromatic heterocycles. The minimum Gasteiger partial charge on any atom is -0.378 e. The maximum atomic E-state index is 6.31. The van der Waals surface area contributed by atoms with Crippen LogP contribution in [0.1, 0.15) is 44.6 Å². The van der Waals surface area contributed by atoms with Crippen molar-refractivity contribution in [3.8, 4) is 0 Å². The number of hydrogen-bond acceptors (Lipinski definition) is 2. The highest BCUT2D eigenvalue weighted by Crippen LogP contribution is 2.39. The van der Waals surface area contributed by atoms with Gasteiger partial charge < -0.3 is 10.1 Å². The Morgan fingerprint density at radius 3 is 2.67 bits per heavy atom. The third-order valence-electron chi connectivity index (χ3n) is 4.47. The molecule has 1 fully saturated rings. The van der Waals surface area contributed by atoms with Gasteiger partial charge in [-0.05, 0) is 68.8 Å². The first-order chi connectivity index (χ1) is 10.1. The monoisotopic (exact) mass is 329 g/mol. The van der Waals surface area contributed by atoms with Crippen LogP contribution in [0.3, 0.4) is 0 Å². The van der Waals surface area contributed by atoms with Crippen LogP contribution in [-0.4, -0.2) is 25.3 Å². The Kier molecular flexibility index (Phi) is 6.36. The van der Waals surface area contributed by atoms with Crippen molar-refractivity contribution in [2.45, 2.75) is 57.1 Å². The molecule has 0 radical (unpaired) electrons. The molecule has 2 nitrogen and oxygen atoms in total. The molecule has 1 atom stereocenters. The summed E-state index contributed by atoms with van der Waals surface area (Å²) in [5, 5.41) is 5.18. The molecule has 21 heavy (non-hydrogen) atoms. The zero-order chi connectivity index (χ0) is 15.3. The third kappa shape index (κ3) is 4.59. The predicted octanol–water partition coefficient (Wildman–Crippen LogP) is 4.86. The van der Waals surface area contributed by atoms with E-state index in [2.05, 4.69) is 12.2 Å². The Labute approximate surface area is 138 Å². The molecular weight excluding hydrogens is 305 g/mol.